The number of thioether (sulfide) groups is 1. The number of aryl methyl sites for hydroxylation is 1. The lowest BCUT2D eigenvalue weighted by Crippen LogP contribution is -2.27. The molecule has 1 unspecified atom stereocenters. The van der Waals surface area contributed by atoms with Gasteiger partial charge in [-0.05, 0) is 61.2 Å². The van der Waals surface area contributed by atoms with E-state index in [9.17, 15) is 13.2 Å². The third-order valence-electron chi connectivity index (χ3n) is 5.60. The molecular weight excluding hydrogens is 482 g/mol. The summed E-state index contributed by atoms with van der Waals surface area (Å²) in [4.78, 5) is 13.2. The third kappa shape index (κ3) is 5.50. The number of hydrogen-bond acceptors (Lipinski definition) is 6. The summed E-state index contributed by atoms with van der Waals surface area (Å²) in [7, 11) is -3.58. The van der Waals surface area contributed by atoms with E-state index < -0.39 is 15.3 Å². The highest BCUT2D eigenvalue weighted by Crippen LogP contribution is 2.29. The smallest absolute Gasteiger partial charge is 0.240 e. The number of fused-ring (bicyclic) bond motifs is 3. The zero-order valence-electron chi connectivity index (χ0n) is 20.1. The first-order valence-electron chi connectivity index (χ1n) is 11.5. The molecule has 8 nitrogen and oxygen atoms in total. The molecule has 2 heterocycles. The van der Waals surface area contributed by atoms with Gasteiger partial charge in [0.05, 0.1) is 15.7 Å². The summed E-state index contributed by atoms with van der Waals surface area (Å²) in [6.45, 7) is 8.23. The molecule has 0 spiro atoms. The fraction of sp³-hybridized carbons (Fsp3) is 0.320. The molecule has 35 heavy (non-hydrogen) atoms. The average molecular weight is 512 g/mol. The molecule has 1 amide bonds. The minimum atomic E-state index is -3.58. The van der Waals surface area contributed by atoms with E-state index in [-0.39, 0.29) is 16.7 Å². The number of anilines is 1. The maximum Gasteiger partial charge on any atom is 0.240 e. The first-order chi connectivity index (χ1) is 16.7. The van der Waals surface area contributed by atoms with Gasteiger partial charge < -0.3 is 5.32 Å². The Bertz CT molecular complexity index is 1460. The van der Waals surface area contributed by atoms with Crippen LogP contribution in [0.3, 0.4) is 0 Å². The van der Waals surface area contributed by atoms with Crippen LogP contribution in [0.1, 0.15) is 32.8 Å². The summed E-state index contributed by atoms with van der Waals surface area (Å²) in [6, 6.07) is 16.2. The van der Waals surface area contributed by atoms with Gasteiger partial charge in [0.15, 0.2) is 10.8 Å². The van der Waals surface area contributed by atoms with Crippen molar-refractivity contribution in [1.82, 2.24) is 19.3 Å². The van der Waals surface area contributed by atoms with Crippen LogP contribution < -0.4 is 10.0 Å². The molecule has 184 valence electrons. The molecule has 1 atom stereocenters. The third-order valence-corrected chi connectivity index (χ3v) is 8.34. The monoisotopic (exact) mass is 511 g/mol. The standard InChI is InChI=1S/C25H29N5O3S2/c1-5-22(24(31)27-18-10-12-19(13-11-18)35(32,33)26-15-16(2)3)34-25-29-28-23-14-17(4)20-8-6-7-9-21(20)30(23)25/h6-14,16,22,26H,5,15H2,1-4H3,(H,27,31). The van der Waals surface area contributed by atoms with E-state index >= 15 is 0 Å². The second-order valence-corrected chi connectivity index (χ2v) is 11.7. The highest BCUT2D eigenvalue weighted by Gasteiger charge is 2.22. The molecular formula is C25H29N5O3S2. The van der Waals surface area contributed by atoms with Crippen molar-refractivity contribution in [3.63, 3.8) is 0 Å². The predicted molar refractivity (Wildman–Crippen MR) is 140 cm³/mol. The van der Waals surface area contributed by atoms with Crippen LogP contribution in [0, 0.1) is 12.8 Å². The van der Waals surface area contributed by atoms with Gasteiger partial charge in [-0.2, -0.15) is 0 Å². The van der Waals surface area contributed by atoms with E-state index in [1.165, 1.54) is 23.9 Å². The van der Waals surface area contributed by atoms with Gasteiger partial charge in [-0.15, -0.1) is 10.2 Å². The Morgan fingerprint density at radius 3 is 2.49 bits per heavy atom. The van der Waals surface area contributed by atoms with Crippen molar-refractivity contribution >= 4 is 49.9 Å². The lowest BCUT2D eigenvalue weighted by Gasteiger charge is -2.15. The second-order valence-electron chi connectivity index (χ2n) is 8.79. The number of nitrogens with zero attached hydrogens (tertiary/aromatic N) is 3. The lowest BCUT2D eigenvalue weighted by molar-refractivity contribution is -0.115. The number of amides is 1. The van der Waals surface area contributed by atoms with Crippen LogP contribution in [0.15, 0.2) is 64.6 Å². The number of carbonyl (C=O) groups excluding carboxylic acids is 1. The van der Waals surface area contributed by atoms with Crippen molar-refractivity contribution in [3.8, 4) is 0 Å². The number of carbonyl (C=O) groups is 1. The van der Waals surface area contributed by atoms with E-state index in [0.717, 1.165) is 22.1 Å². The molecule has 10 heteroatoms. The molecule has 0 radical (unpaired) electrons. The number of aromatic nitrogens is 3. The summed E-state index contributed by atoms with van der Waals surface area (Å²) in [5.41, 5.74) is 3.38. The Kier molecular flexibility index (Phi) is 7.44. The Balaban J connectivity index is 1.51. The molecule has 2 aromatic carbocycles. The maximum absolute atomic E-state index is 13.1. The van der Waals surface area contributed by atoms with Crippen molar-refractivity contribution in [1.29, 1.82) is 0 Å². The summed E-state index contributed by atoms with van der Waals surface area (Å²) in [6.07, 6.45) is 0.584. The minimum Gasteiger partial charge on any atom is -0.325 e. The van der Waals surface area contributed by atoms with Gasteiger partial charge in [-0.1, -0.05) is 50.7 Å². The number of benzene rings is 2. The Morgan fingerprint density at radius 2 is 1.80 bits per heavy atom. The van der Waals surface area contributed by atoms with Crippen LogP contribution in [0.2, 0.25) is 0 Å². The van der Waals surface area contributed by atoms with E-state index in [4.69, 9.17) is 0 Å². The zero-order valence-corrected chi connectivity index (χ0v) is 21.8. The van der Waals surface area contributed by atoms with Crippen LogP contribution in [0.5, 0.6) is 0 Å². The molecule has 2 N–H and O–H groups in total. The number of sulfonamides is 1. The van der Waals surface area contributed by atoms with Gasteiger partial charge in [-0.3, -0.25) is 9.20 Å². The van der Waals surface area contributed by atoms with Crippen LogP contribution in [0.25, 0.3) is 16.6 Å². The maximum atomic E-state index is 13.1. The molecule has 0 aliphatic carbocycles. The Hall–Kier alpha value is -2.95. The van der Waals surface area contributed by atoms with E-state index in [0.29, 0.717) is 23.8 Å². The molecule has 0 saturated carbocycles. The normalized spacial score (nSPS) is 12.9. The first-order valence-corrected chi connectivity index (χ1v) is 13.9. The summed E-state index contributed by atoms with van der Waals surface area (Å²) >= 11 is 1.36. The van der Waals surface area contributed by atoms with Crippen LogP contribution in [0.4, 0.5) is 5.69 Å². The van der Waals surface area contributed by atoms with Crippen molar-refractivity contribution in [2.45, 2.75) is 49.4 Å². The largest absolute Gasteiger partial charge is 0.325 e. The van der Waals surface area contributed by atoms with Crippen molar-refractivity contribution in [2.75, 3.05) is 11.9 Å². The lowest BCUT2D eigenvalue weighted by atomic mass is 10.1. The van der Waals surface area contributed by atoms with Gasteiger partial charge in [0.25, 0.3) is 0 Å². The van der Waals surface area contributed by atoms with E-state index in [2.05, 4.69) is 26.3 Å². The van der Waals surface area contributed by atoms with Gasteiger partial charge in [0.1, 0.15) is 0 Å². The molecule has 0 aliphatic rings. The van der Waals surface area contributed by atoms with Crippen molar-refractivity contribution in [2.24, 2.45) is 5.92 Å². The van der Waals surface area contributed by atoms with Crippen LogP contribution >= 0.6 is 11.8 Å². The summed E-state index contributed by atoms with van der Waals surface area (Å²) < 4.78 is 29.4. The topological polar surface area (TPSA) is 105 Å². The summed E-state index contributed by atoms with van der Waals surface area (Å²) in [5, 5.41) is 12.9. The number of nitrogens with one attached hydrogen (secondary N) is 2. The molecule has 4 rings (SSSR count). The molecule has 2 aromatic heterocycles. The number of rotatable bonds is 9. The minimum absolute atomic E-state index is 0.162. The average Bonchev–Trinajstić information content (AvgIpc) is 3.24. The van der Waals surface area contributed by atoms with Gasteiger partial charge in [0, 0.05) is 17.6 Å². The molecule has 0 fully saturated rings. The second kappa shape index (κ2) is 10.3. The van der Waals surface area contributed by atoms with Gasteiger partial charge in [0.2, 0.25) is 15.9 Å². The highest BCUT2D eigenvalue weighted by molar-refractivity contribution is 8.00. The molecule has 0 aliphatic heterocycles. The van der Waals surface area contributed by atoms with Crippen LogP contribution in [-0.4, -0.2) is 40.7 Å². The molecule has 0 saturated heterocycles. The summed E-state index contributed by atoms with van der Waals surface area (Å²) in [5.74, 6) is 0.0235. The Morgan fingerprint density at radius 1 is 1.09 bits per heavy atom. The molecule has 0 bridgehead atoms. The first kappa shape index (κ1) is 25.2. The quantitative estimate of drug-likeness (QED) is 0.317. The van der Waals surface area contributed by atoms with Gasteiger partial charge >= 0.3 is 0 Å². The van der Waals surface area contributed by atoms with E-state index in [1.54, 1.807) is 12.1 Å². The predicted octanol–water partition coefficient (Wildman–Crippen LogP) is 4.63. The number of pyridine rings is 1. The SMILES string of the molecule is CCC(Sc1nnc2cc(C)c3ccccc3n12)C(=O)Nc1ccc(S(=O)(=O)NCC(C)C)cc1. The fourth-order valence-electron chi connectivity index (χ4n) is 3.70. The fourth-order valence-corrected chi connectivity index (χ4v) is 5.89. The zero-order chi connectivity index (χ0) is 25.2. The number of para-hydroxylation sites is 1. The Labute approximate surface area is 209 Å². The molecule has 4 aromatic rings. The van der Waals surface area contributed by atoms with Gasteiger partial charge in [-0.25, -0.2) is 13.1 Å². The number of hydrogen-bond donors (Lipinski definition) is 2. The van der Waals surface area contributed by atoms with Crippen molar-refractivity contribution in [3.05, 3.63) is 60.2 Å². The highest BCUT2D eigenvalue weighted by atomic mass is 32.2. The van der Waals surface area contributed by atoms with E-state index in [1.807, 2.05) is 56.4 Å². The van der Waals surface area contributed by atoms with Crippen molar-refractivity contribution < 1.29 is 13.2 Å². The van der Waals surface area contributed by atoms with Crippen LogP contribution in [-0.2, 0) is 14.8 Å².